The molecule has 4 nitrogen and oxygen atoms in total. The summed E-state index contributed by atoms with van der Waals surface area (Å²) >= 11 is 6.19. The van der Waals surface area contributed by atoms with Gasteiger partial charge in [-0.15, -0.1) is 0 Å². The Labute approximate surface area is 118 Å². The fraction of sp³-hybridized carbons (Fsp3) is 0.357. The minimum Gasteiger partial charge on any atom is -0.452 e. The zero-order chi connectivity index (χ0) is 13.7. The summed E-state index contributed by atoms with van der Waals surface area (Å²) in [5.74, 6) is 1.33. The SMILES string of the molecule is CCCn1cc(Oc2ccc(CCN)cc2Cl)cn1. The van der Waals surface area contributed by atoms with Gasteiger partial charge in [-0.1, -0.05) is 24.6 Å². The molecule has 0 saturated carbocycles. The van der Waals surface area contributed by atoms with E-state index in [1.54, 1.807) is 6.20 Å². The molecule has 0 aliphatic heterocycles. The van der Waals surface area contributed by atoms with Gasteiger partial charge in [-0.05, 0) is 37.1 Å². The molecule has 2 rings (SSSR count). The molecule has 0 unspecified atom stereocenters. The molecule has 0 saturated heterocycles. The molecule has 0 atom stereocenters. The van der Waals surface area contributed by atoms with E-state index in [1.165, 1.54) is 0 Å². The Bertz CT molecular complexity index is 539. The van der Waals surface area contributed by atoms with Crippen molar-refractivity contribution in [3.05, 3.63) is 41.2 Å². The first-order valence-corrected chi connectivity index (χ1v) is 6.79. The Morgan fingerprint density at radius 1 is 1.42 bits per heavy atom. The monoisotopic (exact) mass is 279 g/mol. The summed E-state index contributed by atoms with van der Waals surface area (Å²) in [5, 5.41) is 4.80. The average Bonchev–Trinajstić information content (AvgIpc) is 2.81. The topological polar surface area (TPSA) is 53.1 Å². The molecule has 1 aromatic carbocycles. The van der Waals surface area contributed by atoms with Crippen molar-refractivity contribution >= 4 is 11.6 Å². The molecule has 0 aliphatic carbocycles. The van der Waals surface area contributed by atoms with Gasteiger partial charge in [-0.3, -0.25) is 4.68 Å². The Morgan fingerprint density at radius 2 is 2.26 bits per heavy atom. The Balaban J connectivity index is 2.09. The van der Waals surface area contributed by atoms with Crippen LogP contribution >= 0.6 is 11.6 Å². The van der Waals surface area contributed by atoms with E-state index >= 15 is 0 Å². The lowest BCUT2D eigenvalue weighted by atomic mass is 10.1. The van der Waals surface area contributed by atoms with Gasteiger partial charge < -0.3 is 10.5 Å². The fourth-order valence-electron chi connectivity index (χ4n) is 1.82. The maximum atomic E-state index is 6.19. The van der Waals surface area contributed by atoms with Crippen molar-refractivity contribution in [1.82, 2.24) is 9.78 Å². The van der Waals surface area contributed by atoms with Crippen LogP contribution in [0, 0.1) is 0 Å². The van der Waals surface area contributed by atoms with Crippen LogP contribution in [0.4, 0.5) is 0 Å². The number of halogens is 1. The van der Waals surface area contributed by atoms with E-state index in [-0.39, 0.29) is 0 Å². The van der Waals surface area contributed by atoms with E-state index in [4.69, 9.17) is 22.1 Å². The van der Waals surface area contributed by atoms with Gasteiger partial charge in [-0.25, -0.2) is 0 Å². The molecule has 19 heavy (non-hydrogen) atoms. The van der Waals surface area contributed by atoms with E-state index in [9.17, 15) is 0 Å². The van der Waals surface area contributed by atoms with E-state index in [0.717, 1.165) is 24.9 Å². The van der Waals surface area contributed by atoms with Crippen LogP contribution in [-0.4, -0.2) is 16.3 Å². The number of nitrogens with two attached hydrogens (primary N) is 1. The molecule has 0 fully saturated rings. The van der Waals surface area contributed by atoms with Gasteiger partial charge in [0.1, 0.15) is 5.75 Å². The predicted molar refractivity (Wildman–Crippen MR) is 76.8 cm³/mol. The highest BCUT2D eigenvalue weighted by atomic mass is 35.5. The molecule has 1 heterocycles. The molecule has 1 aromatic heterocycles. The maximum Gasteiger partial charge on any atom is 0.165 e. The first-order chi connectivity index (χ1) is 9.22. The number of rotatable bonds is 6. The lowest BCUT2D eigenvalue weighted by molar-refractivity contribution is 0.480. The number of hydrogen-bond acceptors (Lipinski definition) is 3. The molecule has 2 aromatic rings. The fourth-order valence-corrected chi connectivity index (χ4v) is 2.07. The van der Waals surface area contributed by atoms with Crippen molar-refractivity contribution in [3.8, 4) is 11.5 Å². The summed E-state index contributed by atoms with van der Waals surface area (Å²) in [7, 11) is 0. The van der Waals surface area contributed by atoms with Crippen molar-refractivity contribution in [2.75, 3.05) is 6.54 Å². The molecule has 5 heteroatoms. The van der Waals surface area contributed by atoms with Gasteiger partial charge in [0.2, 0.25) is 0 Å². The number of aryl methyl sites for hydroxylation is 1. The maximum absolute atomic E-state index is 6.19. The molecule has 0 bridgehead atoms. The standard InChI is InChI=1S/C14H18ClN3O/c1-2-7-18-10-12(9-17-18)19-14-4-3-11(5-6-16)8-13(14)15/h3-4,8-10H,2,5-7,16H2,1H3. The second-order valence-electron chi connectivity index (χ2n) is 4.34. The van der Waals surface area contributed by atoms with Crippen LogP contribution in [0.25, 0.3) is 0 Å². The Kier molecular flexibility index (Phi) is 4.82. The van der Waals surface area contributed by atoms with Crippen LogP contribution < -0.4 is 10.5 Å². The normalized spacial score (nSPS) is 10.7. The molecule has 102 valence electrons. The first-order valence-electron chi connectivity index (χ1n) is 6.41. The third kappa shape index (κ3) is 3.72. The van der Waals surface area contributed by atoms with Crippen molar-refractivity contribution in [2.45, 2.75) is 26.3 Å². The third-order valence-electron chi connectivity index (χ3n) is 2.72. The van der Waals surface area contributed by atoms with Crippen LogP contribution in [0.15, 0.2) is 30.6 Å². The third-order valence-corrected chi connectivity index (χ3v) is 3.01. The highest BCUT2D eigenvalue weighted by molar-refractivity contribution is 6.32. The zero-order valence-corrected chi connectivity index (χ0v) is 11.7. The molecule has 0 spiro atoms. The highest BCUT2D eigenvalue weighted by Gasteiger charge is 2.06. The lowest BCUT2D eigenvalue weighted by Gasteiger charge is -2.07. The van der Waals surface area contributed by atoms with Crippen molar-refractivity contribution in [1.29, 1.82) is 0 Å². The van der Waals surface area contributed by atoms with Gasteiger partial charge in [0.25, 0.3) is 0 Å². The van der Waals surface area contributed by atoms with Crippen molar-refractivity contribution in [2.24, 2.45) is 5.73 Å². The molecule has 0 radical (unpaired) electrons. The number of hydrogen-bond donors (Lipinski definition) is 1. The van der Waals surface area contributed by atoms with Gasteiger partial charge in [0.05, 0.1) is 17.4 Å². The van der Waals surface area contributed by atoms with E-state index in [2.05, 4.69) is 12.0 Å². The van der Waals surface area contributed by atoms with Gasteiger partial charge >= 0.3 is 0 Å². The number of aromatic nitrogens is 2. The van der Waals surface area contributed by atoms with Crippen LogP contribution in [0.5, 0.6) is 11.5 Å². The summed E-state index contributed by atoms with van der Waals surface area (Å²) in [6.07, 6.45) is 5.41. The van der Waals surface area contributed by atoms with Gasteiger partial charge in [0.15, 0.2) is 5.75 Å². The smallest absolute Gasteiger partial charge is 0.165 e. The summed E-state index contributed by atoms with van der Waals surface area (Å²) in [6, 6.07) is 5.73. The van der Waals surface area contributed by atoms with Gasteiger partial charge in [0, 0.05) is 6.54 Å². The van der Waals surface area contributed by atoms with E-state index < -0.39 is 0 Å². The van der Waals surface area contributed by atoms with Crippen molar-refractivity contribution < 1.29 is 4.74 Å². The summed E-state index contributed by atoms with van der Waals surface area (Å²) < 4.78 is 7.58. The number of nitrogens with zero attached hydrogens (tertiary/aromatic N) is 2. The van der Waals surface area contributed by atoms with Crippen LogP contribution in [-0.2, 0) is 13.0 Å². The Morgan fingerprint density at radius 3 is 2.95 bits per heavy atom. The molecular formula is C14H18ClN3O. The average molecular weight is 280 g/mol. The number of ether oxygens (including phenoxy) is 1. The predicted octanol–water partition coefficient (Wildman–Crippen LogP) is 3.24. The molecule has 0 aliphatic rings. The van der Waals surface area contributed by atoms with E-state index in [0.29, 0.717) is 23.1 Å². The second kappa shape index (κ2) is 6.59. The van der Waals surface area contributed by atoms with Crippen molar-refractivity contribution in [3.63, 3.8) is 0 Å². The molecule has 2 N–H and O–H groups in total. The largest absolute Gasteiger partial charge is 0.452 e. The summed E-state index contributed by atoms with van der Waals surface area (Å²) in [5.41, 5.74) is 6.63. The lowest BCUT2D eigenvalue weighted by Crippen LogP contribution is -2.02. The van der Waals surface area contributed by atoms with Gasteiger partial charge in [-0.2, -0.15) is 5.10 Å². The summed E-state index contributed by atoms with van der Waals surface area (Å²) in [4.78, 5) is 0. The zero-order valence-electron chi connectivity index (χ0n) is 11.0. The van der Waals surface area contributed by atoms with Crippen LogP contribution in [0.3, 0.4) is 0 Å². The summed E-state index contributed by atoms with van der Waals surface area (Å²) in [6.45, 7) is 3.60. The second-order valence-corrected chi connectivity index (χ2v) is 4.75. The minimum atomic E-state index is 0.592. The van der Waals surface area contributed by atoms with Crippen LogP contribution in [0.1, 0.15) is 18.9 Å². The highest BCUT2D eigenvalue weighted by Crippen LogP contribution is 2.30. The first kappa shape index (κ1) is 13.9. The van der Waals surface area contributed by atoms with Crippen LogP contribution in [0.2, 0.25) is 5.02 Å². The molecular weight excluding hydrogens is 262 g/mol. The minimum absolute atomic E-state index is 0.592. The number of benzene rings is 1. The molecule has 0 amide bonds. The Hall–Kier alpha value is -1.52. The van der Waals surface area contributed by atoms with E-state index in [1.807, 2.05) is 29.1 Å². The quantitative estimate of drug-likeness (QED) is 0.883.